The van der Waals surface area contributed by atoms with Gasteiger partial charge in [-0.2, -0.15) is 0 Å². The third kappa shape index (κ3) is 7.34. The molecule has 1 aromatic rings. The average Bonchev–Trinajstić information content (AvgIpc) is 2.38. The molecule has 0 aromatic heterocycles. The molecule has 1 amide bonds. The third-order valence-corrected chi connectivity index (χ3v) is 3.59. The zero-order chi connectivity index (χ0) is 16.8. The van der Waals surface area contributed by atoms with E-state index in [9.17, 15) is 4.79 Å². The molecule has 0 bridgehead atoms. The fourth-order valence-electron chi connectivity index (χ4n) is 1.91. The topological polar surface area (TPSA) is 47.6 Å². The highest BCUT2D eigenvalue weighted by atomic mass is 35.5. The first-order valence-corrected chi connectivity index (χ1v) is 7.89. The van der Waals surface area contributed by atoms with Crippen molar-refractivity contribution in [3.8, 4) is 0 Å². The molecule has 1 N–H and O–H groups in total. The molecule has 0 heterocycles. The molecule has 1 aromatic carbocycles. The fourth-order valence-corrected chi connectivity index (χ4v) is 2.23. The normalized spacial score (nSPS) is 12.8. The molecule has 0 fully saturated rings. The van der Waals surface area contributed by atoms with Crippen LogP contribution in [0.2, 0.25) is 10.0 Å². The van der Waals surface area contributed by atoms with E-state index >= 15 is 0 Å². The lowest BCUT2D eigenvalue weighted by atomic mass is 10.1. The smallest absolute Gasteiger partial charge is 0.407 e. The molecule has 1 unspecified atom stereocenters. The average molecular weight is 348 g/mol. The lowest BCUT2D eigenvalue weighted by Crippen LogP contribution is -2.41. The zero-order valence-corrected chi connectivity index (χ0v) is 14.9. The molecule has 0 aliphatic heterocycles. The molecular formula is C16H23Cl2NO3. The van der Waals surface area contributed by atoms with Crippen LogP contribution < -0.4 is 5.32 Å². The molecule has 0 saturated heterocycles. The monoisotopic (exact) mass is 347 g/mol. The van der Waals surface area contributed by atoms with Crippen LogP contribution in [0.1, 0.15) is 32.8 Å². The standard InChI is InChI=1S/C16H23Cl2NO3/c1-16(2,3)22-15(20)19-12(10-21-4)7-5-11-6-8-13(17)14(18)9-11/h6,8-9,12H,5,7,10H2,1-4H3,(H,19,20). The van der Waals surface area contributed by atoms with Gasteiger partial charge in [-0.3, -0.25) is 0 Å². The van der Waals surface area contributed by atoms with Crippen molar-refractivity contribution in [1.82, 2.24) is 5.32 Å². The van der Waals surface area contributed by atoms with Crippen LogP contribution in [0.3, 0.4) is 0 Å². The first kappa shape index (κ1) is 19.1. The Kier molecular flexibility index (Phi) is 7.46. The number of carbonyl (C=O) groups excluding carboxylic acids is 1. The number of nitrogens with one attached hydrogen (secondary N) is 1. The number of hydrogen-bond donors (Lipinski definition) is 1. The van der Waals surface area contributed by atoms with Gasteiger partial charge in [0.2, 0.25) is 0 Å². The van der Waals surface area contributed by atoms with Gasteiger partial charge >= 0.3 is 6.09 Å². The van der Waals surface area contributed by atoms with Crippen LogP contribution in [-0.4, -0.2) is 31.5 Å². The second-order valence-corrected chi connectivity index (χ2v) is 6.90. The number of amides is 1. The quantitative estimate of drug-likeness (QED) is 0.825. The van der Waals surface area contributed by atoms with Crippen molar-refractivity contribution in [2.24, 2.45) is 0 Å². The number of benzene rings is 1. The summed E-state index contributed by atoms with van der Waals surface area (Å²) >= 11 is 11.9. The van der Waals surface area contributed by atoms with Gasteiger partial charge < -0.3 is 14.8 Å². The Balaban J connectivity index is 2.56. The molecule has 0 aliphatic carbocycles. The van der Waals surface area contributed by atoms with Crippen molar-refractivity contribution in [3.05, 3.63) is 33.8 Å². The summed E-state index contributed by atoms with van der Waals surface area (Å²) in [6.45, 7) is 5.90. The van der Waals surface area contributed by atoms with Gasteiger partial charge in [-0.15, -0.1) is 0 Å². The SMILES string of the molecule is COCC(CCc1ccc(Cl)c(Cl)c1)NC(=O)OC(C)(C)C. The molecule has 0 aliphatic rings. The van der Waals surface area contributed by atoms with Crippen LogP contribution in [0.15, 0.2) is 18.2 Å². The summed E-state index contributed by atoms with van der Waals surface area (Å²) in [4.78, 5) is 11.8. The number of methoxy groups -OCH3 is 1. The molecule has 22 heavy (non-hydrogen) atoms. The molecule has 6 heteroatoms. The predicted octanol–water partition coefficient (Wildman–Crippen LogP) is 4.47. The largest absolute Gasteiger partial charge is 0.444 e. The summed E-state index contributed by atoms with van der Waals surface area (Å²) in [5.74, 6) is 0. The summed E-state index contributed by atoms with van der Waals surface area (Å²) in [6, 6.07) is 5.40. The van der Waals surface area contributed by atoms with E-state index in [-0.39, 0.29) is 6.04 Å². The second kappa shape index (κ2) is 8.61. The van der Waals surface area contributed by atoms with Crippen molar-refractivity contribution in [1.29, 1.82) is 0 Å². The van der Waals surface area contributed by atoms with Crippen LogP contribution in [0.5, 0.6) is 0 Å². The highest BCUT2D eigenvalue weighted by Crippen LogP contribution is 2.23. The Morgan fingerprint density at radius 1 is 1.27 bits per heavy atom. The zero-order valence-electron chi connectivity index (χ0n) is 13.4. The van der Waals surface area contributed by atoms with Gasteiger partial charge in [0.15, 0.2) is 0 Å². The lowest BCUT2D eigenvalue weighted by molar-refractivity contribution is 0.0465. The number of hydrogen-bond acceptors (Lipinski definition) is 3. The van der Waals surface area contributed by atoms with E-state index in [1.165, 1.54) is 0 Å². The highest BCUT2D eigenvalue weighted by molar-refractivity contribution is 6.42. The Morgan fingerprint density at radius 3 is 2.50 bits per heavy atom. The lowest BCUT2D eigenvalue weighted by Gasteiger charge is -2.23. The minimum atomic E-state index is -0.522. The van der Waals surface area contributed by atoms with E-state index in [2.05, 4.69) is 5.32 Å². The minimum Gasteiger partial charge on any atom is -0.444 e. The number of alkyl carbamates (subject to hydrolysis) is 1. The van der Waals surface area contributed by atoms with Crippen molar-refractivity contribution >= 4 is 29.3 Å². The maximum Gasteiger partial charge on any atom is 0.407 e. The Morgan fingerprint density at radius 2 is 1.95 bits per heavy atom. The molecule has 0 saturated carbocycles. The predicted molar refractivity (Wildman–Crippen MR) is 89.8 cm³/mol. The van der Waals surface area contributed by atoms with Gasteiger partial charge in [-0.05, 0) is 51.3 Å². The third-order valence-electron chi connectivity index (χ3n) is 2.85. The summed E-state index contributed by atoms with van der Waals surface area (Å²) in [5, 5.41) is 3.89. The number of rotatable bonds is 6. The van der Waals surface area contributed by atoms with Crippen molar-refractivity contribution in [2.45, 2.75) is 45.3 Å². The summed E-state index contributed by atoms with van der Waals surface area (Å²) < 4.78 is 10.4. The highest BCUT2D eigenvalue weighted by Gasteiger charge is 2.19. The first-order valence-electron chi connectivity index (χ1n) is 7.13. The number of carbonyl (C=O) groups is 1. The maximum absolute atomic E-state index is 11.8. The van der Waals surface area contributed by atoms with Crippen LogP contribution in [0.25, 0.3) is 0 Å². The fraction of sp³-hybridized carbons (Fsp3) is 0.562. The molecule has 124 valence electrons. The van der Waals surface area contributed by atoms with E-state index in [1.807, 2.05) is 32.9 Å². The number of ether oxygens (including phenoxy) is 2. The van der Waals surface area contributed by atoms with Gasteiger partial charge in [-0.1, -0.05) is 29.3 Å². The Hall–Kier alpha value is -0.970. The Bertz CT molecular complexity index is 501. The van der Waals surface area contributed by atoms with E-state index in [4.69, 9.17) is 32.7 Å². The molecule has 1 rings (SSSR count). The van der Waals surface area contributed by atoms with Crippen molar-refractivity contribution in [2.75, 3.05) is 13.7 Å². The van der Waals surface area contributed by atoms with E-state index in [0.29, 0.717) is 23.1 Å². The van der Waals surface area contributed by atoms with Crippen LogP contribution in [0, 0.1) is 0 Å². The number of halogens is 2. The molecule has 4 nitrogen and oxygen atoms in total. The molecule has 1 atom stereocenters. The van der Waals surface area contributed by atoms with Crippen LogP contribution >= 0.6 is 23.2 Å². The van der Waals surface area contributed by atoms with Gasteiger partial charge in [0.25, 0.3) is 0 Å². The van der Waals surface area contributed by atoms with Crippen molar-refractivity contribution in [3.63, 3.8) is 0 Å². The molecular weight excluding hydrogens is 325 g/mol. The molecule has 0 radical (unpaired) electrons. The Labute approximate surface area is 142 Å². The second-order valence-electron chi connectivity index (χ2n) is 6.09. The van der Waals surface area contributed by atoms with Gasteiger partial charge in [0.1, 0.15) is 5.60 Å². The maximum atomic E-state index is 11.8. The summed E-state index contributed by atoms with van der Waals surface area (Å²) in [7, 11) is 1.60. The van der Waals surface area contributed by atoms with Gasteiger partial charge in [0, 0.05) is 7.11 Å². The van der Waals surface area contributed by atoms with E-state index in [0.717, 1.165) is 12.0 Å². The van der Waals surface area contributed by atoms with Crippen molar-refractivity contribution < 1.29 is 14.3 Å². The minimum absolute atomic E-state index is 0.130. The summed E-state index contributed by atoms with van der Waals surface area (Å²) in [5.41, 5.74) is 0.535. The molecule has 0 spiro atoms. The van der Waals surface area contributed by atoms with E-state index in [1.54, 1.807) is 13.2 Å². The van der Waals surface area contributed by atoms with Gasteiger partial charge in [-0.25, -0.2) is 4.79 Å². The number of aryl methyl sites for hydroxylation is 1. The summed E-state index contributed by atoms with van der Waals surface area (Å²) in [6.07, 6.45) is 1.02. The van der Waals surface area contributed by atoms with Crippen LogP contribution in [0.4, 0.5) is 4.79 Å². The van der Waals surface area contributed by atoms with Crippen LogP contribution in [-0.2, 0) is 15.9 Å². The van der Waals surface area contributed by atoms with Gasteiger partial charge in [0.05, 0.1) is 22.7 Å². The first-order chi connectivity index (χ1) is 10.2. The van der Waals surface area contributed by atoms with E-state index < -0.39 is 11.7 Å².